The molecular formula is C19H27BrN2O3S. The van der Waals surface area contributed by atoms with Crippen LogP contribution < -0.4 is 0 Å². The van der Waals surface area contributed by atoms with Gasteiger partial charge in [-0.25, -0.2) is 12.7 Å². The molecule has 2 atom stereocenters. The standard InChI is InChI=1S/C19H27BrN2O3S/c1-2-13-26(24,25)21-11-3-5-16(14-21)19(23)22-12-4-6-18(22)15-7-9-17(20)10-8-15/h7-10,16,18H,2-6,11-14H2,1H3. The second kappa shape index (κ2) is 8.40. The number of amides is 1. The van der Waals surface area contributed by atoms with Crippen LogP contribution in [0.1, 0.15) is 50.6 Å². The molecule has 26 heavy (non-hydrogen) atoms. The molecule has 0 aromatic heterocycles. The van der Waals surface area contributed by atoms with E-state index in [1.54, 1.807) is 0 Å². The fraction of sp³-hybridized carbons (Fsp3) is 0.632. The van der Waals surface area contributed by atoms with E-state index in [9.17, 15) is 13.2 Å². The van der Waals surface area contributed by atoms with Crippen LogP contribution in [0.4, 0.5) is 0 Å². The van der Waals surface area contributed by atoms with E-state index in [1.165, 1.54) is 4.31 Å². The first kappa shape index (κ1) is 19.8. The fourth-order valence-corrected chi connectivity index (χ4v) is 5.93. The molecule has 1 aromatic rings. The van der Waals surface area contributed by atoms with E-state index >= 15 is 0 Å². The van der Waals surface area contributed by atoms with Gasteiger partial charge in [0.25, 0.3) is 0 Å². The topological polar surface area (TPSA) is 57.7 Å². The molecule has 0 N–H and O–H groups in total. The Morgan fingerprint density at radius 3 is 2.54 bits per heavy atom. The normalized spacial score (nSPS) is 24.8. The summed E-state index contributed by atoms with van der Waals surface area (Å²) in [5, 5.41) is 0. The lowest BCUT2D eigenvalue weighted by atomic mass is 9.96. The molecule has 7 heteroatoms. The van der Waals surface area contributed by atoms with E-state index in [0.717, 1.165) is 42.3 Å². The number of rotatable bonds is 5. The minimum Gasteiger partial charge on any atom is -0.335 e. The maximum absolute atomic E-state index is 13.2. The van der Waals surface area contributed by atoms with Crippen LogP contribution in [0.15, 0.2) is 28.7 Å². The zero-order valence-corrected chi connectivity index (χ0v) is 17.6. The summed E-state index contributed by atoms with van der Waals surface area (Å²) in [7, 11) is -3.24. The maximum atomic E-state index is 13.2. The number of sulfonamides is 1. The zero-order chi connectivity index (χ0) is 18.7. The Morgan fingerprint density at radius 2 is 1.85 bits per heavy atom. The average molecular weight is 443 g/mol. The number of likely N-dealkylation sites (tertiary alicyclic amines) is 1. The molecule has 2 aliphatic heterocycles. The Bertz CT molecular complexity index is 736. The van der Waals surface area contributed by atoms with Crippen molar-refractivity contribution >= 4 is 31.9 Å². The molecule has 2 fully saturated rings. The van der Waals surface area contributed by atoms with Gasteiger partial charge < -0.3 is 4.90 Å². The lowest BCUT2D eigenvalue weighted by molar-refractivity contribution is -0.137. The van der Waals surface area contributed by atoms with Crippen LogP contribution in [-0.2, 0) is 14.8 Å². The minimum absolute atomic E-state index is 0.109. The third kappa shape index (κ3) is 4.31. The van der Waals surface area contributed by atoms with Crippen LogP contribution in [0.2, 0.25) is 0 Å². The van der Waals surface area contributed by atoms with E-state index in [-0.39, 0.29) is 23.6 Å². The van der Waals surface area contributed by atoms with Gasteiger partial charge in [0, 0.05) is 24.1 Å². The van der Waals surface area contributed by atoms with Crippen molar-refractivity contribution in [2.45, 2.75) is 45.1 Å². The van der Waals surface area contributed by atoms with Crippen molar-refractivity contribution in [2.75, 3.05) is 25.4 Å². The number of nitrogens with zero attached hydrogens (tertiary/aromatic N) is 2. The molecular weight excluding hydrogens is 416 g/mol. The van der Waals surface area contributed by atoms with Crippen molar-refractivity contribution in [1.82, 2.24) is 9.21 Å². The number of halogens is 1. The van der Waals surface area contributed by atoms with Crippen LogP contribution >= 0.6 is 15.9 Å². The molecule has 3 rings (SSSR count). The molecule has 0 aliphatic carbocycles. The summed E-state index contributed by atoms with van der Waals surface area (Å²) >= 11 is 3.46. The van der Waals surface area contributed by atoms with Gasteiger partial charge in [0.2, 0.25) is 15.9 Å². The number of carbonyl (C=O) groups excluding carboxylic acids is 1. The number of hydrogen-bond acceptors (Lipinski definition) is 3. The highest BCUT2D eigenvalue weighted by molar-refractivity contribution is 9.10. The molecule has 0 saturated carbocycles. The zero-order valence-electron chi connectivity index (χ0n) is 15.2. The molecule has 1 amide bonds. The fourth-order valence-electron chi connectivity index (χ4n) is 4.08. The van der Waals surface area contributed by atoms with Gasteiger partial charge in [-0.3, -0.25) is 4.79 Å². The Kier molecular flexibility index (Phi) is 6.41. The largest absolute Gasteiger partial charge is 0.335 e. The van der Waals surface area contributed by atoms with Gasteiger partial charge in [-0.1, -0.05) is 35.0 Å². The lowest BCUT2D eigenvalue weighted by Gasteiger charge is -2.35. The minimum atomic E-state index is -3.24. The van der Waals surface area contributed by atoms with Crippen molar-refractivity contribution in [1.29, 1.82) is 0 Å². The van der Waals surface area contributed by atoms with E-state index < -0.39 is 10.0 Å². The van der Waals surface area contributed by atoms with E-state index in [2.05, 4.69) is 28.1 Å². The molecule has 2 aliphatic rings. The van der Waals surface area contributed by atoms with Gasteiger partial charge in [0.15, 0.2) is 0 Å². The Labute approximate surface area is 164 Å². The summed E-state index contributed by atoms with van der Waals surface area (Å²) < 4.78 is 27.3. The first-order valence-corrected chi connectivity index (χ1v) is 11.9. The average Bonchev–Trinajstić information content (AvgIpc) is 3.11. The van der Waals surface area contributed by atoms with Crippen LogP contribution in [0.25, 0.3) is 0 Å². The summed E-state index contributed by atoms with van der Waals surface area (Å²) in [4.78, 5) is 15.2. The van der Waals surface area contributed by atoms with Crippen molar-refractivity contribution in [3.05, 3.63) is 34.3 Å². The van der Waals surface area contributed by atoms with E-state index in [1.807, 2.05) is 24.0 Å². The van der Waals surface area contributed by atoms with Gasteiger partial charge in [0.1, 0.15) is 0 Å². The van der Waals surface area contributed by atoms with Crippen LogP contribution in [0, 0.1) is 5.92 Å². The summed E-state index contributed by atoms with van der Waals surface area (Å²) in [5.41, 5.74) is 1.16. The van der Waals surface area contributed by atoms with Crippen molar-refractivity contribution in [2.24, 2.45) is 5.92 Å². The Hall–Kier alpha value is -0.920. The predicted molar refractivity (Wildman–Crippen MR) is 106 cm³/mol. The third-order valence-electron chi connectivity index (χ3n) is 5.38. The molecule has 2 heterocycles. The summed E-state index contributed by atoms with van der Waals surface area (Å²) in [6, 6.07) is 8.27. The highest BCUT2D eigenvalue weighted by atomic mass is 79.9. The number of benzene rings is 1. The van der Waals surface area contributed by atoms with Crippen LogP contribution in [0.5, 0.6) is 0 Å². The molecule has 0 radical (unpaired) electrons. The van der Waals surface area contributed by atoms with Crippen LogP contribution in [-0.4, -0.2) is 48.9 Å². The highest BCUT2D eigenvalue weighted by Crippen LogP contribution is 2.35. The molecule has 2 saturated heterocycles. The number of hydrogen-bond donors (Lipinski definition) is 0. The monoisotopic (exact) mass is 442 g/mol. The summed E-state index contributed by atoms with van der Waals surface area (Å²) in [6.45, 7) is 3.52. The second-order valence-electron chi connectivity index (χ2n) is 7.25. The highest BCUT2D eigenvalue weighted by Gasteiger charge is 2.37. The molecule has 1 aromatic carbocycles. The van der Waals surface area contributed by atoms with Crippen LogP contribution in [0.3, 0.4) is 0 Å². The molecule has 0 bridgehead atoms. The van der Waals surface area contributed by atoms with E-state index in [4.69, 9.17) is 0 Å². The van der Waals surface area contributed by atoms with E-state index in [0.29, 0.717) is 19.5 Å². The molecule has 0 spiro atoms. The Morgan fingerprint density at radius 1 is 1.15 bits per heavy atom. The maximum Gasteiger partial charge on any atom is 0.227 e. The number of carbonyl (C=O) groups is 1. The van der Waals surface area contributed by atoms with Crippen molar-refractivity contribution in [3.63, 3.8) is 0 Å². The molecule has 5 nitrogen and oxygen atoms in total. The predicted octanol–water partition coefficient (Wildman–Crippen LogP) is 3.56. The molecule has 144 valence electrons. The Balaban J connectivity index is 1.72. The first-order valence-electron chi connectivity index (χ1n) is 9.46. The second-order valence-corrected chi connectivity index (χ2v) is 10.3. The third-order valence-corrected chi connectivity index (χ3v) is 7.95. The lowest BCUT2D eigenvalue weighted by Crippen LogP contribution is -2.47. The smallest absolute Gasteiger partial charge is 0.227 e. The van der Waals surface area contributed by atoms with Crippen molar-refractivity contribution in [3.8, 4) is 0 Å². The molecule has 2 unspecified atom stereocenters. The SMILES string of the molecule is CCCS(=O)(=O)N1CCCC(C(=O)N2CCCC2c2ccc(Br)cc2)C1. The quantitative estimate of drug-likeness (QED) is 0.699. The first-order chi connectivity index (χ1) is 12.4. The van der Waals surface area contributed by atoms with Crippen molar-refractivity contribution < 1.29 is 13.2 Å². The summed E-state index contributed by atoms with van der Waals surface area (Å²) in [6.07, 6.45) is 4.11. The van der Waals surface area contributed by atoms with Gasteiger partial charge >= 0.3 is 0 Å². The summed E-state index contributed by atoms with van der Waals surface area (Å²) in [5.74, 6) is 0.0670. The van der Waals surface area contributed by atoms with Gasteiger partial charge in [-0.05, 0) is 49.8 Å². The number of piperidine rings is 1. The van der Waals surface area contributed by atoms with Gasteiger partial charge in [0.05, 0.1) is 17.7 Å². The van der Waals surface area contributed by atoms with Gasteiger partial charge in [-0.2, -0.15) is 0 Å². The van der Waals surface area contributed by atoms with Gasteiger partial charge in [-0.15, -0.1) is 0 Å².